The highest BCUT2D eigenvalue weighted by atomic mass is 19.3. The topological polar surface area (TPSA) is 3.24 Å². The number of rotatable bonds is 2. The Morgan fingerprint density at radius 1 is 1.00 bits per heavy atom. The van der Waals surface area contributed by atoms with Crippen LogP contribution < -0.4 is 0 Å². The Hall–Kier alpha value is -0.180. The van der Waals surface area contributed by atoms with Gasteiger partial charge in [-0.15, -0.1) is 0 Å². The second-order valence-electron chi connectivity index (χ2n) is 6.20. The zero-order valence-corrected chi connectivity index (χ0v) is 11.1. The molecule has 1 heterocycles. The van der Waals surface area contributed by atoms with E-state index in [1.54, 1.807) is 0 Å². The summed E-state index contributed by atoms with van der Waals surface area (Å²) >= 11 is 0. The van der Waals surface area contributed by atoms with Crippen molar-refractivity contribution in [1.29, 1.82) is 0 Å². The molecule has 3 heteroatoms. The lowest BCUT2D eigenvalue weighted by molar-refractivity contribution is -0.0670. The smallest absolute Gasteiger partial charge is 0.250 e. The number of halogens is 2. The first kappa shape index (κ1) is 13.3. The van der Waals surface area contributed by atoms with Crippen LogP contribution in [0.5, 0.6) is 0 Å². The molecule has 0 atom stereocenters. The fraction of sp³-hybridized carbons (Fsp3) is 1.00. The maximum absolute atomic E-state index is 13.1. The van der Waals surface area contributed by atoms with Crippen molar-refractivity contribution in [2.45, 2.75) is 64.3 Å². The van der Waals surface area contributed by atoms with E-state index in [0.29, 0.717) is 19.1 Å². The number of hydrogen-bond acceptors (Lipinski definition) is 1. The van der Waals surface area contributed by atoms with Crippen molar-refractivity contribution in [3.63, 3.8) is 0 Å². The Bertz CT molecular complexity index is 235. The van der Waals surface area contributed by atoms with Gasteiger partial charge < -0.3 is 0 Å². The lowest BCUT2D eigenvalue weighted by Gasteiger charge is -2.41. The van der Waals surface area contributed by atoms with E-state index >= 15 is 0 Å². The van der Waals surface area contributed by atoms with Gasteiger partial charge in [-0.1, -0.05) is 13.8 Å². The van der Waals surface area contributed by atoms with E-state index in [-0.39, 0.29) is 12.8 Å². The van der Waals surface area contributed by atoms with Crippen molar-refractivity contribution < 1.29 is 8.78 Å². The Labute approximate surface area is 104 Å². The first-order valence-corrected chi connectivity index (χ1v) is 7.10. The predicted octanol–water partition coefficient (Wildman–Crippen LogP) is 3.93. The fourth-order valence-electron chi connectivity index (χ4n) is 3.35. The summed E-state index contributed by atoms with van der Waals surface area (Å²) in [5.41, 5.74) is 0. The van der Waals surface area contributed by atoms with E-state index in [9.17, 15) is 8.78 Å². The molecule has 0 aromatic heterocycles. The summed E-state index contributed by atoms with van der Waals surface area (Å²) in [6, 6.07) is 0.584. The van der Waals surface area contributed by atoms with Crippen molar-refractivity contribution in [2.75, 3.05) is 13.1 Å². The highest BCUT2D eigenvalue weighted by Crippen LogP contribution is 2.35. The number of likely N-dealkylation sites (tertiary alicyclic amines) is 1. The molecule has 0 unspecified atom stereocenters. The lowest BCUT2D eigenvalue weighted by Crippen LogP contribution is -2.46. The predicted molar refractivity (Wildman–Crippen MR) is 66.3 cm³/mol. The van der Waals surface area contributed by atoms with Gasteiger partial charge in [0.2, 0.25) is 0 Å². The van der Waals surface area contributed by atoms with Gasteiger partial charge in [-0.25, -0.2) is 8.78 Å². The van der Waals surface area contributed by atoms with Crippen LogP contribution in [0, 0.1) is 11.8 Å². The van der Waals surface area contributed by atoms with Gasteiger partial charge in [0.1, 0.15) is 0 Å². The van der Waals surface area contributed by atoms with Gasteiger partial charge in [0.15, 0.2) is 0 Å². The van der Waals surface area contributed by atoms with E-state index in [0.717, 1.165) is 11.8 Å². The second-order valence-corrected chi connectivity index (χ2v) is 6.20. The van der Waals surface area contributed by atoms with Gasteiger partial charge in [0, 0.05) is 32.0 Å². The largest absolute Gasteiger partial charge is 0.300 e. The highest BCUT2D eigenvalue weighted by molar-refractivity contribution is 4.85. The van der Waals surface area contributed by atoms with Crippen molar-refractivity contribution in [1.82, 2.24) is 4.90 Å². The third-order valence-corrected chi connectivity index (χ3v) is 4.73. The summed E-state index contributed by atoms with van der Waals surface area (Å²) in [6.45, 7) is 5.80. The van der Waals surface area contributed by atoms with E-state index in [4.69, 9.17) is 0 Å². The molecule has 2 fully saturated rings. The molecule has 0 bridgehead atoms. The van der Waals surface area contributed by atoms with Gasteiger partial charge >= 0.3 is 0 Å². The molecule has 1 saturated carbocycles. The van der Waals surface area contributed by atoms with Gasteiger partial charge in [-0.05, 0) is 37.5 Å². The van der Waals surface area contributed by atoms with Crippen LogP contribution in [0.1, 0.15) is 52.4 Å². The lowest BCUT2D eigenvalue weighted by atomic mass is 9.79. The molecule has 17 heavy (non-hydrogen) atoms. The molecular weight excluding hydrogens is 220 g/mol. The van der Waals surface area contributed by atoms with Crippen LogP contribution >= 0.6 is 0 Å². The summed E-state index contributed by atoms with van der Waals surface area (Å²) in [5.74, 6) is -0.759. The molecule has 1 saturated heterocycles. The van der Waals surface area contributed by atoms with Crippen LogP contribution in [0.2, 0.25) is 0 Å². The molecule has 0 radical (unpaired) electrons. The van der Waals surface area contributed by atoms with Crippen LogP contribution in [0.25, 0.3) is 0 Å². The molecular formula is C14H25F2N. The minimum atomic E-state index is -2.40. The third-order valence-electron chi connectivity index (χ3n) is 4.73. The second kappa shape index (κ2) is 5.21. The van der Waals surface area contributed by atoms with E-state index < -0.39 is 5.92 Å². The average molecular weight is 245 g/mol. The Balaban J connectivity index is 1.78. The Kier molecular flexibility index (Phi) is 4.06. The molecule has 0 aromatic carbocycles. The first-order chi connectivity index (χ1) is 7.98. The minimum Gasteiger partial charge on any atom is -0.300 e. The normalized spacial score (nSPS) is 35.1. The fourth-order valence-corrected chi connectivity index (χ4v) is 3.35. The van der Waals surface area contributed by atoms with Crippen molar-refractivity contribution in [3.05, 3.63) is 0 Å². The molecule has 0 spiro atoms. The monoisotopic (exact) mass is 245 g/mol. The molecule has 1 aliphatic carbocycles. The van der Waals surface area contributed by atoms with Crippen LogP contribution in [0.3, 0.4) is 0 Å². The zero-order valence-electron chi connectivity index (χ0n) is 11.1. The summed E-state index contributed by atoms with van der Waals surface area (Å²) in [7, 11) is 0. The quantitative estimate of drug-likeness (QED) is 0.712. The number of hydrogen-bond donors (Lipinski definition) is 0. The summed E-state index contributed by atoms with van der Waals surface area (Å²) in [5, 5.41) is 0. The van der Waals surface area contributed by atoms with Crippen molar-refractivity contribution in [3.8, 4) is 0 Å². The Morgan fingerprint density at radius 3 is 2.00 bits per heavy atom. The maximum atomic E-state index is 13.1. The molecule has 1 aliphatic heterocycles. The van der Waals surface area contributed by atoms with Crippen molar-refractivity contribution in [2.24, 2.45) is 11.8 Å². The van der Waals surface area contributed by atoms with E-state index in [2.05, 4.69) is 18.7 Å². The van der Waals surface area contributed by atoms with Gasteiger partial charge in [0.05, 0.1) is 0 Å². The number of alkyl halides is 2. The molecule has 100 valence electrons. The molecule has 1 nitrogen and oxygen atoms in total. The zero-order chi connectivity index (χ0) is 12.5. The Morgan fingerprint density at radius 2 is 1.53 bits per heavy atom. The molecule has 2 rings (SSSR count). The average Bonchev–Trinajstić information content (AvgIpc) is 2.29. The third kappa shape index (κ3) is 3.40. The summed E-state index contributed by atoms with van der Waals surface area (Å²) in [6.07, 6.45) is 5.14. The minimum absolute atomic E-state index is 0.0666. The molecule has 2 aliphatic rings. The molecule has 0 aromatic rings. The van der Waals surface area contributed by atoms with Crippen LogP contribution in [-0.4, -0.2) is 30.0 Å². The van der Waals surface area contributed by atoms with E-state index in [1.165, 1.54) is 25.7 Å². The van der Waals surface area contributed by atoms with Gasteiger partial charge in [-0.2, -0.15) is 0 Å². The van der Waals surface area contributed by atoms with Gasteiger partial charge in [-0.3, -0.25) is 4.90 Å². The van der Waals surface area contributed by atoms with Gasteiger partial charge in [0.25, 0.3) is 5.92 Å². The standard InChI is InChI=1S/C14H25F2N/c1-11(2)12-3-5-13(6-4-12)17-9-7-14(15,16)8-10-17/h11-13H,3-10H2,1-2H3/t12-,13+. The molecule has 0 amide bonds. The van der Waals surface area contributed by atoms with Crippen LogP contribution in [0.15, 0.2) is 0 Å². The first-order valence-electron chi connectivity index (χ1n) is 7.10. The summed E-state index contributed by atoms with van der Waals surface area (Å²) in [4.78, 5) is 2.31. The summed E-state index contributed by atoms with van der Waals surface area (Å²) < 4.78 is 26.2. The number of piperidine rings is 1. The van der Waals surface area contributed by atoms with E-state index in [1.807, 2.05) is 0 Å². The van der Waals surface area contributed by atoms with Crippen LogP contribution in [0.4, 0.5) is 8.78 Å². The molecule has 0 N–H and O–H groups in total. The number of nitrogens with zero attached hydrogens (tertiary/aromatic N) is 1. The highest BCUT2D eigenvalue weighted by Gasteiger charge is 2.37. The maximum Gasteiger partial charge on any atom is 0.250 e. The van der Waals surface area contributed by atoms with Crippen molar-refractivity contribution >= 4 is 0 Å². The van der Waals surface area contributed by atoms with Crippen LogP contribution in [-0.2, 0) is 0 Å². The SMILES string of the molecule is CC(C)[C@H]1CC[C@@H](N2CCC(F)(F)CC2)CC1.